The number of benzene rings is 3. The summed E-state index contributed by atoms with van der Waals surface area (Å²) in [6.45, 7) is -0.0602. The van der Waals surface area contributed by atoms with Gasteiger partial charge in [0, 0.05) is 15.7 Å². The minimum Gasteiger partial charge on any atom is -0.482 e. The van der Waals surface area contributed by atoms with E-state index < -0.39 is 5.97 Å². The Kier molecular flexibility index (Phi) is 6.81. The first-order chi connectivity index (χ1) is 13.6. The van der Waals surface area contributed by atoms with Crippen molar-refractivity contribution in [3.05, 3.63) is 94.5 Å². The molecule has 0 fully saturated rings. The molecule has 0 aliphatic carbocycles. The number of amides is 1. The minimum atomic E-state index is -0.467. The number of ether oxygens (including phenoxy) is 2. The lowest BCUT2D eigenvalue weighted by Crippen LogP contribution is -2.15. The van der Waals surface area contributed by atoms with Gasteiger partial charge in [-0.15, -0.1) is 0 Å². The van der Waals surface area contributed by atoms with E-state index in [0.717, 1.165) is 15.7 Å². The summed E-state index contributed by atoms with van der Waals surface area (Å²) in [6.07, 6.45) is 0. The molecular formula is C22H18BrNO4. The van der Waals surface area contributed by atoms with Crippen LogP contribution in [0, 0.1) is 0 Å². The molecule has 3 aromatic rings. The van der Waals surface area contributed by atoms with Gasteiger partial charge in [-0.1, -0.05) is 52.3 Å². The second kappa shape index (κ2) is 9.71. The second-order valence-electron chi connectivity index (χ2n) is 5.92. The number of carbonyl (C=O) groups is 2. The Labute approximate surface area is 171 Å². The Hall–Kier alpha value is -3.12. The molecule has 0 aliphatic heterocycles. The fourth-order valence-electron chi connectivity index (χ4n) is 2.38. The van der Waals surface area contributed by atoms with E-state index in [4.69, 9.17) is 9.47 Å². The summed E-state index contributed by atoms with van der Waals surface area (Å²) in [4.78, 5) is 24.0. The minimum absolute atomic E-state index is 0.112. The van der Waals surface area contributed by atoms with Crippen molar-refractivity contribution in [2.75, 3.05) is 11.9 Å². The summed E-state index contributed by atoms with van der Waals surface area (Å²) in [6, 6.07) is 23.3. The largest absolute Gasteiger partial charge is 0.482 e. The average molecular weight is 440 g/mol. The molecule has 0 unspecified atom stereocenters. The zero-order valence-electron chi connectivity index (χ0n) is 14.9. The van der Waals surface area contributed by atoms with Gasteiger partial charge in [0.25, 0.3) is 5.91 Å². The molecule has 0 atom stereocenters. The van der Waals surface area contributed by atoms with Gasteiger partial charge in [0.05, 0.1) is 0 Å². The number of esters is 1. The highest BCUT2D eigenvalue weighted by atomic mass is 79.9. The van der Waals surface area contributed by atoms with Crippen molar-refractivity contribution in [2.24, 2.45) is 0 Å². The zero-order valence-corrected chi connectivity index (χ0v) is 16.5. The van der Waals surface area contributed by atoms with E-state index in [0.29, 0.717) is 11.3 Å². The van der Waals surface area contributed by atoms with Crippen LogP contribution in [-0.4, -0.2) is 18.5 Å². The molecule has 0 saturated heterocycles. The van der Waals surface area contributed by atoms with Crippen LogP contribution in [0.1, 0.15) is 15.9 Å². The van der Waals surface area contributed by atoms with Gasteiger partial charge in [0.15, 0.2) is 6.61 Å². The maximum absolute atomic E-state index is 12.2. The Morgan fingerprint density at radius 2 is 1.64 bits per heavy atom. The monoisotopic (exact) mass is 439 g/mol. The molecule has 0 bridgehead atoms. The predicted octanol–water partition coefficient (Wildman–Crippen LogP) is 4.82. The van der Waals surface area contributed by atoms with E-state index >= 15 is 0 Å². The molecule has 0 aromatic heterocycles. The van der Waals surface area contributed by atoms with Crippen molar-refractivity contribution in [3.63, 3.8) is 0 Å². The maximum atomic E-state index is 12.2. The third-order valence-electron chi connectivity index (χ3n) is 3.80. The normalized spacial score (nSPS) is 10.2. The van der Waals surface area contributed by atoms with E-state index in [2.05, 4.69) is 21.2 Å². The summed E-state index contributed by atoms with van der Waals surface area (Å²) >= 11 is 3.34. The van der Waals surface area contributed by atoms with Crippen molar-refractivity contribution in [3.8, 4) is 5.75 Å². The molecule has 1 N–H and O–H groups in total. The van der Waals surface area contributed by atoms with Crippen LogP contribution in [0.5, 0.6) is 5.75 Å². The molecular weight excluding hydrogens is 422 g/mol. The van der Waals surface area contributed by atoms with Gasteiger partial charge in [0.1, 0.15) is 12.4 Å². The number of hydrogen-bond donors (Lipinski definition) is 1. The van der Waals surface area contributed by atoms with E-state index in [1.54, 1.807) is 36.4 Å². The molecule has 0 spiro atoms. The SMILES string of the molecule is O=C(COc1cccc(Br)c1)OCc1ccc(C(=O)Nc2ccccc2)cc1. The topological polar surface area (TPSA) is 64.6 Å². The first-order valence-corrected chi connectivity index (χ1v) is 9.39. The van der Waals surface area contributed by atoms with Gasteiger partial charge >= 0.3 is 5.97 Å². The predicted molar refractivity (Wildman–Crippen MR) is 110 cm³/mol. The van der Waals surface area contributed by atoms with E-state index in [9.17, 15) is 9.59 Å². The van der Waals surface area contributed by atoms with Crippen LogP contribution in [0.2, 0.25) is 0 Å². The molecule has 28 heavy (non-hydrogen) atoms. The van der Waals surface area contributed by atoms with Gasteiger partial charge in [-0.2, -0.15) is 0 Å². The molecule has 1 amide bonds. The fourth-order valence-corrected chi connectivity index (χ4v) is 2.76. The van der Waals surface area contributed by atoms with E-state index in [1.165, 1.54) is 0 Å². The average Bonchev–Trinajstić information content (AvgIpc) is 2.72. The van der Waals surface area contributed by atoms with Crippen LogP contribution < -0.4 is 10.1 Å². The van der Waals surface area contributed by atoms with Crippen molar-refractivity contribution >= 4 is 33.5 Å². The summed E-state index contributed by atoms with van der Waals surface area (Å²) in [5.41, 5.74) is 2.04. The molecule has 0 aliphatic rings. The Balaban J connectivity index is 1.46. The fraction of sp³-hybridized carbons (Fsp3) is 0.0909. The van der Waals surface area contributed by atoms with E-state index in [-0.39, 0.29) is 19.1 Å². The van der Waals surface area contributed by atoms with Gasteiger partial charge in [-0.3, -0.25) is 4.79 Å². The number of para-hydroxylation sites is 1. The van der Waals surface area contributed by atoms with Gasteiger partial charge < -0.3 is 14.8 Å². The first kappa shape index (κ1) is 19.6. The standard InChI is InChI=1S/C22H18BrNO4/c23-18-5-4-8-20(13-18)27-15-21(25)28-14-16-9-11-17(12-10-16)22(26)24-19-6-2-1-3-7-19/h1-13H,14-15H2,(H,24,26). The maximum Gasteiger partial charge on any atom is 0.344 e. The number of hydrogen-bond acceptors (Lipinski definition) is 4. The quantitative estimate of drug-likeness (QED) is 0.535. The van der Waals surface area contributed by atoms with Crippen molar-refractivity contribution < 1.29 is 19.1 Å². The Morgan fingerprint density at radius 1 is 0.893 bits per heavy atom. The molecule has 0 heterocycles. The first-order valence-electron chi connectivity index (χ1n) is 8.59. The highest BCUT2D eigenvalue weighted by Crippen LogP contribution is 2.17. The van der Waals surface area contributed by atoms with Crippen LogP contribution in [-0.2, 0) is 16.1 Å². The lowest BCUT2D eigenvalue weighted by atomic mass is 10.1. The van der Waals surface area contributed by atoms with Crippen LogP contribution in [0.4, 0.5) is 5.69 Å². The highest BCUT2D eigenvalue weighted by molar-refractivity contribution is 9.10. The summed E-state index contributed by atoms with van der Waals surface area (Å²) < 4.78 is 11.5. The molecule has 142 valence electrons. The smallest absolute Gasteiger partial charge is 0.344 e. The Morgan fingerprint density at radius 3 is 2.36 bits per heavy atom. The Bertz CT molecular complexity index is 942. The molecule has 3 rings (SSSR count). The zero-order chi connectivity index (χ0) is 19.8. The van der Waals surface area contributed by atoms with Crippen molar-refractivity contribution in [1.29, 1.82) is 0 Å². The third-order valence-corrected chi connectivity index (χ3v) is 4.29. The second-order valence-corrected chi connectivity index (χ2v) is 6.84. The van der Waals surface area contributed by atoms with Crippen molar-refractivity contribution in [1.82, 2.24) is 0 Å². The lowest BCUT2D eigenvalue weighted by Gasteiger charge is -2.08. The third kappa shape index (κ3) is 5.96. The van der Waals surface area contributed by atoms with Gasteiger partial charge in [-0.05, 0) is 48.0 Å². The lowest BCUT2D eigenvalue weighted by molar-refractivity contribution is -0.147. The van der Waals surface area contributed by atoms with Crippen LogP contribution >= 0.6 is 15.9 Å². The van der Waals surface area contributed by atoms with Crippen LogP contribution in [0.3, 0.4) is 0 Å². The number of carbonyl (C=O) groups excluding carboxylic acids is 2. The van der Waals surface area contributed by atoms with Crippen LogP contribution in [0.15, 0.2) is 83.3 Å². The molecule has 0 radical (unpaired) electrons. The number of halogens is 1. The number of anilines is 1. The highest BCUT2D eigenvalue weighted by Gasteiger charge is 2.08. The molecule has 3 aromatic carbocycles. The number of rotatable bonds is 7. The molecule has 6 heteroatoms. The van der Waals surface area contributed by atoms with Crippen LogP contribution in [0.25, 0.3) is 0 Å². The summed E-state index contributed by atoms with van der Waals surface area (Å²) in [5, 5.41) is 2.82. The molecule has 0 saturated carbocycles. The number of nitrogens with one attached hydrogen (secondary N) is 1. The summed E-state index contributed by atoms with van der Waals surface area (Å²) in [7, 11) is 0. The van der Waals surface area contributed by atoms with Gasteiger partial charge in [0.2, 0.25) is 0 Å². The van der Waals surface area contributed by atoms with Crippen molar-refractivity contribution in [2.45, 2.75) is 6.61 Å². The van der Waals surface area contributed by atoms with Gasteiger partial charge in [-0.25, -0.2) is 4.79 Å². The van der Waals surface area contributed by atoms with E-state index in [1.807, 2.05) is 42.5 Å². The summed E-state index contributed by atoms with van der Waals surface area (Å²) in [5.74, 6) is -0.0804. The molecule has 5 nitrogen and oxygen atoms in total.